The number of hydrogen-bond donors (Lipinski definition) is 0. The second kappa shape index (κ2) is 6.99. The average Bonchev–Trinajstić information content (AvgIpc) is 3.39. The van der Waals surface area contributed by atoms with Gasteiger partial charge in [0.25, 0.3) is 0 Å². The van der Waals surface area contributed by atoms with Crippen LogP contribution in [0.2, 0.25) is 0 Å². The van der Waals surface area contributed by atoms with E-state index in [2.05, 4.69) is 23.6 Å². The van der Waals surface area contributed by atoms with Crippen LogP contribution in [0.1, 0.15) is 46.0 Å². The molecule has 2 aliphatic heterocycles. The lowest BCUT2D eigenvalue weighted by Crippen LogP contribution is -2.49. The second-order valence-electron chi connectivity index (χ2n) is 8.52. The molecule has 0 amide bonds. The van der Waals surface area contributed by atoms with Crippen molar-refractivity contribution in [2.45, 2.75) is 70.4 Å². The van der Waals surface area contributed by atoms with Crippen LogP contribution in [-0.4, -0.2) is 73.5 Å². The summed E-state index contributed by atoms with van der Waals surface area (Å²) < 4.78 is 12.3. The maximum Gasteiger partial charge on any atom is 0.0734 e. The van der Waals surface area contributed by atoms with Crippen LogP contribution in [0.4, 0.5) is 0 Å². The highest BCUT2D eigenvalue weighted by Gasteiger charge is 2.38. The zero-order valence-corrected chi connectivity index (χ0v) is 15.0. The zero-order valence-electron chi connectivity index (χ0n) is 15.0. The minimum Gasteiger partial charge on any atom is -0.372 e. The number of nitrogens with zero attached hydrogens (tertiary/aromatic N) is 2. The van der Waals surface area contributed by atoms with E-state index in [-0.39, 0.29) is 0 Å². The predicted molar refractivity (Wildman–Crippen MR) is 91.6 cm³/mol. The fourth-order valence-electron chi connectivity index (χ4n) is 4.49. The van der Waals surface area contributed by atoms with Crippen molar-refractivity contribution in [3.63, 3.8) is 0 Å². The maximum absolute atomic E-state index is 6.13. The third kappa shape index (κ3) is 4.47. The highest BCUT2D eigenvalue weighted by molar-refractivity contribution is 4.89. The van der Waals surface area contributed by atoms with E-state index in [1.54, 1.807) is 0 Å². The molecule has 4 fully saturated rings. The summed E-state index contributed by atoms with van der Waals surface area (Å²) in [5.41, 5.74) is 0. The van der Waals surface area contributed by atoms with E-state index in [0.29, 0.717) is 24.4 Å². The van der Waals surface area contributed by atoms with Crippen LogP contribution in [0.5, 0.6) is 0 Å². The van der Waals surface area contributed by atoms with Crippen molar-refractivity contribution in [3.05, 3.63) is 0 Å². The molecule has 0 radical (unpaired) electrons. The summed E-state index contributed by atoms with van der Waals surface area (Å²) in [4.78, 5) is 5.30. The van der Waals surface area contributed by atoms with E-state index in [0.717, 1.165) is 24.9 Å². The Kier molecular flexibility index (Phi) is 4.96. The summed E-state index contributed by atoms with van der Waals surface area (Å²) >= 11 is 0. The maximum atomic E-state index is 6.13. The Morgan fingerprint density at radius 1 is 0.696 bits per heavy atom. The molecule has 0 unspecified atom stereocenters. The lowest BCUT2D eigenvalue weighted by atomic mass is 10.1. The standard InChI is InChI=1S/C19H34N2O2/c1-14-10-20(12-18(22-14)16-4-5-16)8-3-9-21-11-15(2)23-19(13-21)17-6-7-17/h14-19H,3-13H2,1-2H3/t14-,15+,18+,19-. The topological polar surface area (TPSA) is 24.9 Å². The molecule has 0 aromatic rings. The van der Waals surface area contributed by atoms with Crippen molar-refractivity contribution in [3.8, 4) is 0 Å². The zero-order chi connectivity index (χ0) is 15.8. The number of hydrogen-bond acceptors (Lipinski definition) is 4. The van der Waals surface area contributed by atoms with Crippen LogP contribution in [0.25, 0.3) is 0 Å². The Balaban J connectivity index is 1.20. The van der Waals surface area contributed by atoms with E-state index in [1.165, 1.54) is 58.3 Å². The molecular formula is C19H34N2O2. The van der Waals surface area contributed by atoms with Gasteiger partial charge in [0.05, 0.1) is 24.4 Å². The van der Waals surface area contributed by atoms with Gasteiger partial charge in [0.1, 0.15) is 0 Å². The van der Waals surface area contributed by atoms with Crippen molar-refractivity contribution in [1.29, 1.82) is 0 Å². The Bertz CT molecular complexity index is 361. The molecule has 0 bridgehead atoms. The normalized spacial score (nSPS) is 40.4. The molecule has 0 aromatic heterocycles. The summed E-state index contributed by atoms with van der Waals surface area (Å²) in [5.74, 6) is 1.72. The van der Waals surface area contributed by atoms with Crippen molar-refractivity contribution in [2.75, 3.05) is 39.3 Å². The largest absolute Gasteiger partial charge is 0.372 e. The first kappa shape index (κ1) is 16.3. The molecule has 4 rings (SSSR count). The molecule has 0 spiro atoms. The van der Waals surface area contributed by atoms with Gasteiger partial charge in [-0.2, -0.15) is 0 Å². The van der Waals surface area contributed by atoms with Gasteiger partial charge in [-0.25, -0.2) is 0 Å². The molecular weight excluding hydrogens is 288 g/mol. The SMILES string of the molecule is C[C@@H]1CN(CCCN2C[C@H](C)O[C@@H](C3CC3)C2)C[C@@H](C2CC2)O1. The van der Waals surface area contributed by atoms with Gasteiger partial charge in [0.15, 0.2) is 0 Å². The van der Waals surface area contributed by atoms with Crippen molar-refractivity contribution in [2.24, 2.45) is 11.8 Å². The fourth-order valence-corrected chi connectivity index (χ4v) is 4.49. The van der Waals surface area contributed by atoms with E-state index in [1.807, 2.05) is 0 Å². The number of ether oxygens (including phenoxy) is 2. The van der Waals surface area contributed by atoms with Gasteiger partial charge < -0.3 is 9.47 Å². The monoisotopic (exact) mass is 322 g/mol. The lowest BCUT2D eigenvalue weighted by molar-refractivity contribution is -0.0927. The second-order valence-corrected chi connectivity index (χ2v) is 8.52. The molecule has 4 heteroatoms. The summed E-state index contributed by atoms with van der Waals surface area (Å²) in [6.07, 6.45) is 8.70. The van der Waals surface area contributed by atoms with Crippen LogP contribution in [0, 0.1) is 11.8 Å². The highest BCUT2D eigenvalue weighted by Crippen LogP contribution is 2.37. The van der Waals surface area contributed by atoms with Crippen molar-refractivity contribution >= 4 is 0 Å². The molecule has 2 heterocycles. The van der Waals surface area contributed by atoms with Gasteiger partial charge in [-0.15, -0.1) is 0 Å². The first-order chi connectivity index (χ1) is 11.2. The minimum atomic E-state index is 0.414. The molecule has 4 aliphatic rings. The minimum absolute atomic E-state index is 0.414. The van der Waals surface area contributed by atoms with Crippen LogP contribution in [0.3, 0.4) is 0 Å². The van der Waals surface area contributed by atoms with Crippen molar-refractivity contribution in [1.82, 2.24) is 9.80 Å². The summed E-state index contributed by atoms with van der Waals surface area (Å²) in [6, 6.07) is 0. The van der Waals surface area contributed by atoms with Gasteiger partial charge in [-0.1, -0.05) is 0 Å². The Morgan fingerprint density at radius 2 is 1.13 bits per heavy atom. The fraction of sp³-hybridized carbons (Fsp3) is 1.00. The van der Waals surface area contributed by atoms with Gasteiger partial charge in [0, 0.05) is 26.2 Å². The smallest absolute Gasteiger partial charge is 0.0734 e. The molecule has 0 aromatic carbocycles. The highest BCUT2D eigenvalue weighted by atomic mass is 16.5. The summed E-state index contributed by atoms with van der Waals surface area (Å²) in [6.45, 7) is 11.5. The predicted octanol–water partition coefficient (Wildman–Crippen LogP) is 2.38. The van der Waals surface area contributed by atoms with Crippen LogP contribution >= 0.6 is 0 Å². The van der Waals surface area contributed by atoms with E-state index >= 15 is 0 Å². The molecule has 4 nitrogen and oxygen atoms in total. The molecule has 2 saturated heterocycles. The molecule has 4 atom stereocenters. The Hall–Kier alpha value is -0.160. The van der Waals surface area contributed by atoms with Gasteiger partial charge in [-0.3, -0.25) is 9.80 Å². The van der Waals surface area contributed by atoms with Crippen LogP contribution < -0.4 is 0 Å². The molecule has 0 N–H and O–H groups in total. The molecule has 2 saturated carbocycles. The van der Waals surface area contributed by atoms with E-state index < -0.39 is 0 Å². The third-order valence-corrected chi connectivity index (χ3v) is 5.97. The summed E-state index contributed by atoms with van der Waals surface area (Å²) in [7, 11) is 0. The lowest BCUT2D eigenvalue weighted by Gasteiger charge is -2.39. The van der Waals surface area contributed by atoms with Crippen molar-refractivity contribution < 1.29 is 9.47 Å². The number of rotatable bonds is 6. The quantitative estimate of drug-likeness (QED) is 0.749. The van der Waals surface area contributed by atoms with Crippen LogP contribution in [0.15, 0.2) is 0 Å². The third-order valence-electron chi connectivity index (χ3n) is 5.97. The van der Waals surface area contributed by atoms with E-state index in [9.17, 15) is 0 Å². The Morgan fingerprint density at radius 3 is 1.52 bits per heavy atom. The van der Waals surface area contributed by atoms with Gasteiger partial charge >= 0.3 is 0 Å². The van der Waals surface area contributed by atoms with Gasteiger partial charge in [0.2, 0.25) is 0 Å². The van der Waals surface area contributed by atoms with Crippen LogP contribution in [-0.2, 0) is 9.47 Å². The number of morpholine rings is 2. The first-order valence-electron chi connectivity index (χ1n) is 9.93. The molecule has 23 heavy (non-hydrogen) atoms. The van der Waals surface area contributed by atoms with Gasteiger partial charge in [-0.05, 0) is 70.9 Å². The van der Waals surface area contributed by atoms with E-state index in [4.69, 9.17) is 9.47 Å². The first-order valence-corrected chi connectivity index (χ1v) is 9.93. The molecule has 2 aliphatic carbocycles. The Labute approximate surface area is 141 Å². The molecule has 132 valence electrons. The average molecular weight is 322 g/mol. The summed E-state index contributed by atoms with van der Waals surface area (Å²) in [5, 5.41) is 0.